The minimum absolute atomic E-state index is 0.174. The summed E-state index contributed by atoms with van der Waals surface area (Å²) in [7, 11) is 1.88. The number of carbonyl (C=O) groups is 1. The molecule has 0 radical (unpaired) electrons. The second-order valence-corrected chi connectivity index (χ2v) is 6.73. The Kier molecular flexibility index (Phi) is 2.96. The van der Waals surface area contributed by atoms with Gasteiger partial charge in [0.2, 0.25) is 0 Å². The van der Waals surface area contributed by atoms with Crippen LogP contribution in [0.1, 0.15) is 41.7 Å². The number of aromatic nitrogens is 2. The lowest BCUT2D eigenvalue weighted by atomic mass is 10.0. The standard InChI is InChI=1S/C13H18BrN3O/c1-8-12(7-15-16(8)2)13(18)17-10-3-4-11(17)6-9(14)5-10/h7,9-11H,3-6H2,1-2H3. The molecule has 2 aliphatic rings. The summed E-state index contributed by atoms with van der Waals surface area (Å²) in [6.45, 7) is 1.96. The lowest BCUT2D eigenvalue weighted by Gasteiger charge is -2.37. The molecule has 2 aliphatic heterocycles. The molecule has 0 aromatic carbocycles. The van der Waals surface area contributed by atoms with E-state index in [-0.39, 0.29) is 5.91 Å². The Morgan fingerprint density at radius 3 is 2.50 bits per heavy atom. The molecule has 2 bridgehead atoms. The number of amides is 1. The summed E-state index contributed by atoms with van der Waals surface area (Å²) in [5.74, 6) is 0.174. The van der Waals surface area contributed by atoms with Crippen molar-refractivity contribution in [3.05, 3.63) is 17.5 Å². The first-order valence-electron chi connectivity index (χ1n) is 6.53. The molecule has 0 saturated carbocycles. The van der Waals surface area contributed by atoms with Crippen LogP contribution in [0.2, 0.25) is 0 Å². The maximum Gasteiger partial charge on any atom is 0.257 e. The fourth-order valence-corrected chi connectivity index (χ4v) is 4.15. The van der Waals surface area contributed by atoms with Gasteiger partial charge in [0.05, 0.1) is 11.8 Å². The van der Waals surface area contributed by atoms with Crippen LogP contribution in [0.15, 0.2) is 6.20 Å². The number of aryl methyl sites for hydroxylation is 1. The van der Waals surface area contributed by atoms with Crippen molar-refractivity contribution in [3.63, 3.8) is 0 Å². The molecule has 0 aliphatic carbocycles. The highest BCUT2D eigenvalue weighted by Crippen LogP contribution is 2.39. The summed E-state index contributed by atoms with van der Waals surface area (Å²) in [6.07, 6.45) is 6.18. The molecular weight excluding hydrogens is 294 g/mol. The van der Waals surface area contributed by atoms with Crippen molar-refractivity contribution in [1.82, 2.24) is 14.7 Å². The lowest BCUT2D eigenvalue weighted by molar-refractivity contribution is 0.0602. The molecule has 3 rings (SSSR count). The van der Waals surface area contributed by atoms with Crippen LogP contribution in [0.4, 0.5) is 0 Å². The van der Waals surface area contributed by atoms with Crippen LogP contribution in [0.3, 0.4) is 0 Å². The summed E-state index contributed by atoms with van der Waals surface area (Å²) >= 11 is 3.71. The molecule has 1 aromatic rings. The number of alkyl halides is 1. The topological polar surface area (TPSA) is 38.1 Å². The summed E-state index contributed by atoms with van der Waals surface area (Å²) in [5.41, 5.74) is 1.72. The number of fused-ring (bicyclic) bond motifs is 2. The molecule has 1 aromatic heterocycles. The highest BCUT2D eigenvalue weighted by Gasteiger charge is 2.43. The first-order chi connectivity index (χ1) is 8.58. The van der Waals surface area contributed by atoms with Crippen LogP contribution in [0.5, 0.6) is 0 Å². The molecule has 2 unspecified atom stereocenters. The van der Waals surface area contributed by atoms with Gasteiger partial charge in [-0.2, -0.15) is 5.10 Å². The Hall–Kier alpha value is -0.840. The summed E-state index contributed by atoms with van der Waals surface area (Å²) in [5, 5.41) is 4.18. The second-order valence-electron chi connectivity index (χ2n) is 5.43. The van der Waals surface area contributed by atoms with E-state index in [1.165, 1.54) is 0 Å². The van der Waals surface area contributed by atoms with Crippen molar-refractivity contribution in [3.8, 4) is 0 Å². The van der Waals surface area contributed by atoms with Crippen molar-refractivity contribution >= 4 is 21.8 Å². The van der Waals surface area contributed by atoms with Gasteiger partial charge in [0.25, 0.3) is 5.91 Å². The zero-order chi connectivity index (χ0) is 12.9. The van der Waals surface area contributed by atoms with Gasteiger partial charge in [-0.25, -0.2) is 0 Å². The zero-order valence-electron chi connectivity index (χ0n) is 10.8. The second kappa shape index (κ2) is 4.37. The third kappa shape index (κ3) is 1.79. The van der Waals surface area contributed by atoms with Crippen molar-refractivity contribution in [2.75, 3.05) is 0 Å². The van der Waals surface area contributed by atoms with E-state index in [0.717, 1.165) is 36.9 Å². The van der Waals surface area contributed by atoms with Gasteiger partial charge >= 0.3 is 0 Å². The van der Waals surface area contributed by atoms with E-state index in [2.05, 4.69) is 25.9 Å². The number of carbonyl (C=O) groups excluding carboxylic acids is 1. The SMILES string of the molecule is Cc1c(C(=O)N2C3CCC2CC(Br)C3)cnn1C. The predicted molar refractivity (Wildman–Crippen MR) is 72.9 cm³/mol. The van der Waals surface area contributed by atoms with Crippen LogP contribution < -0.4 is 0 Å². The van der Waals surface area contributed by atoms with Gasteiger partial charge in [-0.05, 0) is 32.6 Å². The third-order valence-corrected chi connectivity index (χ3v) is 5.12. The summed E-state index contributed by atoms with van der Waals surface area (Å²) < 4.78 is 1.77. The average Bonchev–Trinajstić information content (AvgIpc) is 2.79. The first kappa shape index (κ1) is 12.2. The van der Waals surface area contributed by atoms with Crippen molar-refractivity contribution in [2.45, 2.75) is 49.5 Å². The van der Waals surface area contributed by atoms with Gasteiger partial charge in [-0.1, -0.05) is 15.9 Å². The molecule has 2 saturated heterocycles. The molecule has 0 spiro atoms. The molecular formula is C13H18BrN3O. The smallest absolute Gasteiger partial charge is 0.257 e. The van der Waals surface area contributed by atoms with Crippen molar-refractivity contribution in [2.24, 2.45) is 7.05 Å². The number of nitrogens with zero attached hydrogens (tertiary/aromatic N) is 3. The largest absolute Gasteiger partial charge is 0.332 e. The van der Waals surface area contributed by atoms with E-state index >= 15 is 0 Å². The highest BCUT2D eigenvalue weighted by molar-refractivity contribution is 9.09. The Labute approximate surface area is 115 Å². The fourth-order valence-electron chi connectivity index (χ4n) is 3.29. The minimum Gasteiger partial charge on any atom is -0.332 e. The van der Waals surface area contributed by atoms with Crippen LogP contribution >= 0.6 is 15.9 Å². The Bertz CT molecular complexity index is 471. The normalized spacial score (nSPS) is 30.8. The number of piperidine rings is 1. The molecule has 3 heterocycles. The molecule has 2 fully saturated rings. The van der Waals surface area contributed by atoms with Gasteiger partial charge in [0.1, 0.15) is 0 Å². The molecule has 5 heteroatoms. The van der Waals surface area contributed by atoms with Crippen LogP contribution in [0.25, 0.3) is 0 Å². The Morgan fingerprint density at radius 1 is 1.39 bits per heavy atom. The third-order valence-electron chi connectivity index (χ3n) is 4.38. The maximum atomic E-state index is 12.7. The quantitative estimate of drug-likeness (QED) is 0.746. The van der Waals surface area contributed by atoms with E-state index in [9.17, 15) is 4.79 Å². The van der Waals surface area contributed by atoms with Crippen LogP contribution in [0, 0.1) is 6.92 Å². The van der Waals surface area contributed by atoms with E-state index in [4.69, 9.17) is 0 Å². The predicted octanol–water partition coefficient (Wildman–Crippen LogP) is 2.26. The minimum atomic E-state index is 0.174. The fraction of sp³-hybridized carbons (Fsp3) is 0.692. The van der Waals surface area contributed by atoms with Gasteiger partial charge in [0, 0.05) is 29.7 Å². The lowest BCUT2D eigenvalue weighted by Crippen LogP contribution is -2.46. The van der Waals surface area contributed by atoms with Crippen LogP contribution in [-0.2, 0) is 7.05 Å². The molecule has 0 N–H and O–H groups in total. The molecule has 2 atom stereocenters. The monoisotopic (exact) mass is 311 g/mol. The van der Waals surface area contributed by atoms with Gasteiger partial charge in [0.15, 0.2) is 0 Å². The van der Waals surface area contributed by atoms with Crippen molar-refractivity contribution < 1.29 is 4.79 Å². The number of hydrogen-bond donors (Lipinski definition) is 0. The number of halogens is 1. The Balaban J connectivity index is 1.88. The van der Waals surface area contributed by atoms with Crippen molar-refractivity contribution in [1.29, 1.82) is 0 Å². The average molecular weight is 312 g/mol. The van der Waals surface area contributed by atoms with E-state index in [1.807, 2.05) is 14.0 Å². The maximum absolute atomic E-state index is 12.7. The molecule has 18 heavy (non-hydrogen) atoms. The van der Waals surface area contributed by atoms with E-state index in [0.29, 0.717) is 16.9 Å². The molecule has 1 amide bonds. The zero-order valence-corrected chi connectivity index (χ0v) is 12.4. The number of hydrogen-bond acceptors (Lipinski definition) is 2. The van der Waals surface area contributed by atoms with E-state index in [1.54, 1.807) is 10.9 Å². The Morgan fingerprint density at radius 2 is 2.00 bits per heavy atom. The molecule has 4 nitrogen and oxygen atoms in total. The summed E-state index contributed by atoms with van der Waals surface area (Å²) in [6, 6.07) is 0.834. The van der Waals surface area contributed by atoms with E-state index < -0.39 is 0 Å². The first-order valence-corrected chi connectivity index (χ1v) is 7.45. The van der Waals surface area contributed by atoms with Crippen LogP contribution in [-0.4, -0.2) is 37.5 Å². The molecule has 98 valence electrons. The van der Waals surface area contributed by atoms with Gasteiger partial charge in [-0.3, -0.25) is 9.48 Å². The van der Waals surface area contributed by atoms with Gasteiger partial charge < -0.3 is 4.90 Å². The highest BCUT2D eigenvalue weighted by atomic mass is 79.9. The number of rotatable bonds is 1. The summed E-state index contributed by atoms with van der Waals surface area (Å²) in [4.78, 5) is 15.3. The van der Waals surface area contributed by atoms with Gasteiger partial charge in [-0.15, -0.1) is 0 Å².